The summed E-state index contributed by atoms with van der Waals surface area (Å²) >= 11 is 1.10. The Morgan fingerprint density at radius 3 is 2.62 bits per heavy atom. The van der Waals surface area contributed by atoms with Crippen molar-refractivity contribution in [3.63, 3.8) is 0 Å². The van der Waals surface area contributed by atoms with Crippen LogP contribution in [0.25, 0.3) is 0 Å². The van der Waals surface area contributed by atoms with Gasteiger partial charge in [-0.05, 0) is 31.5 Å². The van der Waals surface area contributed by atoms with E-state index >= 15 is 0 Å². The normalized spacial score (nSPS) is 10.2. The van der Waals surface area contributed by atoms with Crippen LogP contribution in [0, 0.1) is 13.8 Å². The van der Waals surface area contributed by atoms with Crippen molar-refractivity contribution >= 4 is 23.2 Å². The van der Waals surface area contributed by atoms with Crippen LogP contribution in [0.3, 0.4) is 0 Å². The number of carbonyl (C=O) groups is 2. The first-order chi connectivity index (χ1) is 11.5. The highest BCUT2D eigenvalue weighted by atomic mass is 32.1. The van der Waals surface area contributed by atoms with Crippen molar-refractivity contribution in [2.45, 2.75) is 26.8 Å². The first kappa shape index (κ1) is 17.7. The Labute approximate surface area is 143 Å². The van der Waals surface area contributed by atoms with E-state index in [4.69, 9.17) is 4.74 Å². The second kappa shape index (κ2) is 8.30. The summed E-state index contributed by atoms with van der Waals surface area (Å²) in [5, 5.41) is 1.74. The van der Waals surface area contributed by atoms with Gasteiger partial charge >= 0.3 is 4.87 Å². The minimum atomic E-state index is -0.464. The van der Waals surface area contributed by atoms with Gasteiger partial charge in [-0.2, -0.15) is 0 Å². The van der Waals surface area contributed by atoms with E-state index < -0.39 is 5.91 Å². The molecule has 7 nitrogen and oxygen atoms in total. The summed E-state index contributed by atoms with van der Waals surface area (Å²) in [6.45, 7) is 3.80. The standard InChI is InChI=1S/C16H19N3O4S/c1-11-4-3-5-13(8-11)23-9-15(21)18-17-14(20)6-7-19-12(2)10-24-16(19)22/h3-5,8,10H,6-7,9H2,1-2H3,(H,17,20)(H,18,21). The second-order valence-electron chi connectivity index (χ2n) is 5.25. The van der Waals surface area contributed by atoms with Crippen LogP contribution in [0.5, 0.6) is 5.75 Å². The van der Waals surface area contributed by atoms with Crippen molar-refractivity contribution in [2.24, 2.45) is 0 Å². The molecule has 8 heteroatoms. The summed E-state index contributed by atoms with van der Waals surface area (Å²) in [6, 6.07) is 7.32. The molecule has 0 aliphatic carbocycles. The zero-order valence-corrected chi connectivity index (χ0v) is 14.3. The van der Waals surface area contributed by atoms with Crippen LogP contribution in [0.4, 0.5) is 0 Å². The van der Waals surface area contributed by atoms with Gasteiger partial charge in [0.25, 0.3) is 5.91 Å². The van der Waals surface area contributed by atoms with E-state index in [1.54, 1.807) is 18.4 Å². The lowest BCUT2D eigenvalue weighted by Crippen LogP contribution is -2.44. The predicted molar refractivity (Wildman–Crippen MR) is 90.9 cm³/mol. The molecule has 1 aromatic heterocycles. The van der Waals surface area contributed by atoms with Gasteiger partial charge in [0.1, 0.15) is 5.75 Å². The summed E-state index contributed by atoms with van der Waals surface area (Å²) in [6.07, 6.45) is 0.0937. The second-order valence-corrected chi connectivity index (χ2v) is 6.07. The maximum atomic E-state index is 11.7. The quantitative estimate of drug-likeness (QED) is 0.766. The summed E-state index contributed by atoms with van der Waals surface area (Å²) in [4.78, 5) is 34.8. The Hall–Kier alpha value is -2.61. The first-order valence-electron chi connectivity index (χ1n) is 7.38. The number of rotatable bonds is 6. The number of hydrogen-bond acceptors (Lipinski definition) is 5. The smallest absolute Gasteiger partial charge is 0.307 e. The van der Waals surface area contributed by atoms with Gasteiger partial charge in [-0.25, -0.2) is 0 Å². The highest BCUT2D eigenvalue weighted by molar-refractivity contribution is 7.07. The van der Waals surface area contributed by atoms with Gasteiger partial charge in [0, 0.05) is 24.0 Å². The maximum Gasteiger partial charge on any atom is 0.307 e. The molecule has 0 unspecified atom stereocenters. The molecule has 2 N–H and O–H groups in total. The van der Waals surface area contributed by atoms with Crippen LogP contribution in [0.1, 0.15) is 17.7 Å². The van der Waals surface area contributed by atoms with E-state index in [0.717, 1.165) is 22.6 Å². The molecule has 0 spiro atoms. The number of nitrogens with zero attached hydrogens (tertiary/aromatic N) is 1. The largest absolute Gasteiger partial charge is 0.484 e. The van der Waals surface area contributed by atoms with Crippen molar-refractivity contribution in [2.75, 3.05) is 6.61 Å². The Bertz CT molecular complexity index is 782. The monoisotopic (exact) mass is 349 g/mol. The molecule has 2 rings (SSSR count). The maximum absolute atomic E-state index is 11.7. The third kappa shape index (κ3) is 5.24. The van der Waals surface area contributed by atoms with E-state index in [-0.39, 0.29) is 30.4 Å². The van der Waals surface area contributed by atoms with Crippen molar-refractivity contribution in [3.05, 3.63) is 50.6 Å². The molecule has 0 bridgehead atoms. The predicted octanol–water partition coefficient (Wildman–Crippen LogP) is 1.14. The Morgan fingerprint density at radius 2 is 1.96 bits per heavy atom. The lowest BCUT2D eigenvalue weighted by Gasteiger charge is -2.09. The van der Waals surface area contributed by atoms with Gasteiger partial charge in [0.2, 0.25) is 5.91 Å². The van der Waals surface area contributed by atoms with Gasteiger partial charge in [-0.1, -0.05) is 23.5 Å². The molecule has 0 radical (unpaired) electrons. The zero-order chi connectivity index (χ0) is 17.5. The van der Waals surface area contributed by atoms with Crippen molar-refractivity contribution in [1.29, 1.82) is 0 Å². The number of ether oxygens (including phenoxy) is 1. The van der Waals surface area contributed by atoms with Crippen molar-refractivity contribution < 1.29 is 14.3 Å². The van der Waals surface area contributed by atoms with Gasteiger partial charge in [-0.3, -0.25) is 25.2 Å². The van der Waals surface area contributed by atoms with Gasteiger partial charge in [0.15, 0.2) is 6.61 Å². The number of amides is 2. The highest BCUT2D eigenvalue weighted by Gasteiger charge is 2.08. The van der Waals surface area contributed by atoms with E-state index in [2.05, 4.69) is 10.9 Å². The minimum Gasteiger partial charge on any atom is -0.484 e. The third-order valence-electron chi connectivity index (χ3n) is 3.24. The fourth-order valence-electron chi connectivity index (χ4n) is 1.98. The van der Waals surface area contributed by atoms with Gasteiger partial charge < -0.3 is 9.30 Å². The lowest BCUT2D eigenvalue weighted by atomic mass is 10.2. The number of nitrogens with one attached hydrogen (secondary N) is 2. The molecule has 0 fully saturated rings. The molecule has 0 aliphatic rings. The molecule has 128 valence electrons. The Morgan fingerprint density at radius 1 is 1.21 bits per heavy atom. The van der Waals surface area contributed by atoms with Crippen molar-refractivity contribution in [3.8, 4) is 5.75 Å². The molecule has 24 heavy (non-hydrogen) atoms. The number of aryl methyl sites for hydroxylation is 2. The first-order valence-corrected chi connectivity index (χ1v) is 8.26. The number of hydrazine groups is 1. The van der Waals surface area contributed by atoms with Crippen LogP contribution in [0.15, 0.2) is 34.4 Å². The summed E-state index contributed by atoms with van der Waals surface area (Å²) in [5.74, 6) is -0.256. The zero-order valence-electron chi connectivity index (χ0n) is 13.5. The molecule has 0 aliphatic heterocycles. The molecular weight excluding hydrogens is 330 g/mol. The Balaban J connectivity index is 1.69. The number of carbonyl (C=O) groups excluding carboxylic acids is 2. The Kier molecular flexibility index (Phi) is 6.14. The molecule has 0 atom stereocenters. The van der Waals surface area contributed by atoms with Crippen LogP contribution in [-0.2, 0) is 16.1 Å². The van der Waals surface area contributed by atoms with E-state index in [9.17, 15) is 14.4 Å². The topological polar surface area (TPSA) is 89.4 Å². The van der Waals surface area contributed by atoms with Crippen LogP contribution >= 0.6 is 11.3 Å². The molecule has 1 aromatic carbocycles. The van der Waals surface area contributed by atoms with E-state index in [0.29, 0.717) is 5.75 Å². The van der Waals surface area contributed by atoms with E-state index in [1.165, 1.54) is 4.57 Å². The molecule has 0 saturated heterocycles. The average Bonchev–Trinajstić information content (AvgIpc) is 2.87. The van der Waals surface area contributed by atoms with E-state index in [1.807, 2.05) is 25.1 Å². The fourth-order valence-corrected chi connectivity index (χ4v) is 2.74. The summed E-state index contributed by atoms with van der Waals surface area (Å²) in [5.41, 5.74) is 6.42. The highest BCUT2D eigenvalue weighted by Crippen LogP contribution is 2.11. The van der Waals surface area contributed by atoms with Gasteiger partial charge in [-0.15, -0.1) is 0 Å². The number of benzene rings is 1. The third-order valence-corrected chi connectivity index (χ3v) is 4.12. The average molecular weight is 349 g/mol. The molecule has 0 saturated carbocycles. The van der Waals surface area contributed by atoms with Crippen LogP contribution in [-0.4, -0.2) is 23.0 Å². The molecule has 2 amide bonds. The fraction of sp³-hybridized carbons (Fsp3) is 0.312. The summed E-state index contributed by atoms with van der Waals surface area (Å²) < 4.78 is 6.84. The lowest BCUT2D eigenvalue weighted by molar-refractivity contribution is -0.130. The minimum absolute atomic E-state index is 0.0937. The van der Waals surface area contributed by atoms with Gasteiger partial charge in [0.05, 0.1) is 0 Å². The SMILES string of the molecule is Cc1cccc(OCC(=O)NNC(=O)CCn2c(C)csc2=O)c1. The molecular formula is C16H19N3O4S. The number of hydrogen-bond donors (Lipinski definition) is 2. The van der Waals surface area contributed by atoms with Crippen LogP contribution < -0.4 is 20.5 Å². The number of aromatic nitrogens is 1. The summed E-state index contributed by atoms with van der Waals surface area (Å²) in [7, 11) is 0. The molecule has 2 aromatic rings. The van der Waals surface area contributed by atoms with Crippen LogP contribution in [0.2, 0.25) is 0 Å². The number of thiazole rings is 1. The van der Waals surface area contributed by atoms with Crippen molar-refractivity contribution in [1.82, 2.24) is 15.4 Å². The molecule has 1 heterocycles.